The lowest BCUT2D eigenvalue weighted by atomic mass is 9.90. The lowest BCUT2D eigenvalue weighted by molar-refractivity contribution is -0.122. The molecule has 0 radical (unpaired) electrons. The molecule has 0 spiro atoms. The van der Waals surface area contributed by atoms with Crippen molar-refractivity contribution in [2.45, 2.75) is 45.4 Å². The zero-order chi connectivity index (χ0) is 14.8. The van der Waals surface area contributed by atoms with Gasteiger partial charge in [-0.3, -0.25) is 4.79 Å². The van der Waals surface area contributed by atoms with Gasteiger partial charge in [-0.2, -0.15) is 4.98 Å². The summed E-state index contributed by atoms with van der Waals surface area (Å²) in [4.78, 5) is 16.3. The third-order valence-electron chi connectivity index (χ3n) is 4.53. The van der Waals surface area contributed by atoms with E-state index >= 15 is 0 Å². The van der Waals surface area contributed by atoms with E-state index in [4.69, 9.17) is 4.52 Å². The predicted octanol–water partition coefficient (Wildman–Crippen LogP) is 2.45. The zero-order valence-corrected chi connectivity index (χ0v) is 12.7. The van der Waals surface area contributed by atoms with Gasteiger partial charge in [-0.05, 0) is 30.6 Å². The normalized spacial score (nSPS) is 26.7. The third kappa shape index (κ3) is 3.34. The molecule has 21 heavy (non-hydrogen) atoms. The molecule has 1 aromatic heterocycles. The molecule has 3 rings (SSSR count). The van der Waals surface area contributed by atoms with Crippen LogP contribution in [-0.4, -0.2) is 22.6 Å². The number of rotatable bonds is 6. The number of nitrogens with one attached hydrogen (secondary N) is 1. The summed E-state index contributed by atoms with van der Waals surface area (Å²) in [5.74, 6) is 3.63. The molecule has 1 amide bonds. The fraction of sp³-hybridized carbons (Fsp3) is 0.688. The molecule has 1 saturated carbocycles. The highest BCUT2D eigenvalue weighted by molar-refractivity contribution is 5.76. The van der Waals surface area contributed by atoms with E-state index in [-0.39, 0.29) is 11.8 Å². The lowest BCUT2D eigenvalue weighted by Gasteiger charge is -2.17. The zero-order valence-electron chi connectivity index (χ0n) is 12.7. The Balaban J connectivity index is 1.38. The van der Waals surface area contributed by atoms with Gasteiger partial charge in [0.2, 0.25) is 11.8 Å². The second-order valence-corrected chi connectivity index (χ2v) is 6.55. The smallest absolute Gasteiger partial charge is 0.228 e. The minimum atomic E-state index is 0.143. The number of amides is 1. The van der Waals surface area contributed by atoms with Crippen molar-refractivity contribution in [2.75, 3.05) is 6.54 Å². The summed E-state index contributed by atoms with van der Waals surface area (Å²) in [7, 11) is 0. The molecule has 2 aliphatic carbocycles. The van der Waals surface area contributed by atoms with E-state index in [1.54, 1.807) is 0 Å². The predicted molar refractivity (Wildman–Crippen MR) is 78.6 cm³/mol. The van der Waals surface area contributed by atoms with Gasteiger partial charge in [-0.1, -0.05) is 31.2 Å². The van der Waals surface area contributed by atoms with Gasteiger partial charge in [-0.15, -0.1) is 0 Å². The second-order valence-electron chi connectivity index (χ2n) is 6.55. The van der Waals surface area contributed by atoms with Crippen molar-refractivity contribution in [1.82, 2.24) is 15.5 Å². The molecule has 2 aliphatic rings. The molecule has 2 bridgehead atoms. The molecule has 0 saturated heterocycles. The molecule has 3 atom stereocenters. The van der Waals surface area contributed by atoms with Gasteiger partial charge in [0.05, 0.1) is 0 Å². The first-order chi connectivity index (χ1) is 10.1. The molecule has 0 aliphatic heterocycles. The van der Waals surface area contributed by atoms with Crippen LogP contribution in [0.5, 0.6) is 0 Å². The largest absolute Gasteiger partial charge is 0.356 e. The summed E-state index contributed by atoms with van der Waals surface area (Å²) >= 11 is 0. The number of allylic oxidation sites excluding steroid dienone is 2. The maximum atomic E-state index is 12.0. The molecule has 1 fully saturated rings. The average molecular weight is 289 g/mol. The Kier molecular flexibility index (Phi) is 4.08. The Morgan fingerprint density at radius 3 is 2.90 bits per heavy atom. The summed E-state index contributed by atoms with van der Waals surface area (Å²) in [5, 5.41) is 6.88. The number of aromatic nitrogens is 2. The Bertz CT molecular complexity index is 535. The molecular formula is C16H23N3O2. The molecular weight excluding hydrogens is 266 g/mol. The standard InChI is InChI=1S/C16H23N3O2/c1-10(2)16-18-15(21-19-16)5-6-17-14(20)9-13-8-11-3-4-12(13)7-11/h3-4,10-13H,5-9H2,1-2H3,(H,17,20). The van der Waals surface area contributed by atoms with E-state index in [1.165, 1.54) is 12.8 Å². The van der Waals surface area contributed by atoms with Gasteiger partial charge >= 0.3 is 0 Å². The lowest BCUT2D eigenvalue weighted by Crippen LogP contribution is -2.28. The maximum absolute atomic E-state index is 12.0. The van der Waals surface area contributed by atoms with E-state index in [9.17, 15) is 4.79 Å². The second kappa shape index (κ2) is 6.00. The molecule has 3 unspecified atom stereocenters. The van der Waals surface area contributed by atoms with Crippen LogP contribution in [0.1, 0.15) is 50.7 Å². The van der Waals surface area contributed by atoms with Crippen LogP contribution in [0, 0.1) is 17.8 Å². The Morgan fingerprint density at radius 1 is 1.43 bits per heavy atom. The van der Waals surface area contributed by atoms with Crippen molar-refractivity contribution in [1.29, 1.82) is 0 Å². The fourth-order valence-corrected chi connectivity index (χ4v) is 3.35. The van der Waals surface area contributed by atoms with E-state index < -0.39 is 0 Å². The first-order valence-corrected chi connectivity index (χ1v) is 7.89. The van der Waals surface area contributed by atoms with E-state index in [1.807, 2.05) is 13.8 Å². The van der Waals surface area contributed by atoms with Gasteiger partial charge in [-0.25, -0.2) is 0 Å². The Morgan fingerprint density at radius 2 is 2.29 bits per heavy atom. The molecule has 5 nitrogen and oxygen atoms in total. The first-order valence-electron chi connectivity index (χ1n) is 7.89. The van der Waals surface area contributed by atoms with Crippen molar-refractivity contribution in [2.24, 2.45) is 17.8 Å². The highest BCUT2D eigenvalue weighted by atomic mass is 16.5. The number of carbonyl (C=O) groups is 1. The van der Waals surface area contributed by atoms with Gasteiger partial charge in [0.25, 0.3) is 0 Å². The highest BCUT2D eigenvalue weighted by Gasteiger charge is 2.36. The summed E-state index contributed by atoms with van der Waals surface area (Å²) in [5.41, 5.74) is 0. The number of hydrogen-bond donors (Lipinski definition) is 1. The van der Waals surface area contributed by atoms with Gasteiger partial charge < -0.3 is 9.84 Å². The molecule has 5 heteroatoms. The summed E-state index contributed by atoms with van der Waals surface area (Å²) in [6, 6.07) is 0. The number of hydrogen-bond acceptors (Lipinski definition) is 4. The van der Waals surface area contributed by atoms with Crippen molar-refractivity contribution < 1.29 is 9.32 Å². The molecule has 1 aromatic rings. The molecule has 0 aromatic carbocycles. The molecule has 1 heterocycles. The molecule has 1 N–H and O–H groups in total. The van der Waals surface area contributed by atoms with E-state index in [2.05, 4.69) is 27.6 Å². The van der Waals surface area contributed by atoms with Crippen LogP contribution in [-0.2, 0) is 11.2 Å². The first kappa shape index (κ1) is 14.3. The van der Waals surface area contributed by atoms with Crippen LogP contribution < -0.4 is 5.32 Å². The van der Waals surface area contributed by atoms with E-state index in [0.29, 0.717) is 37.1 Å². The quantitative estimate of drug-likeness (QED) is 0.817. The van der Waals surface area contributed by atoms with Gasteiger partial charge in [0.1, 0.15) is 0 Å². The fourth-order valence-electron chi connectivity index (χ4n) is 3.35. The van der Waals surface area contributed by atoms with E-state index in [0.717, 1.165) is 11.7 Å². The molecule has 114 valence electrons. The van der Waals surface area contributed by atoms with Crippen LogP contribution >= 0.6 is 0 Å². The number of carbonyl (C=O) groups excluding carboxylic acids is 1. The van der Waals surface area contributed by atoms with Gasteiger partial charge in [0.15, 0.2) is 5.82 Å². The van der Waals surface area contributed by atoms with Crippen molar-refractivity contribution in [3.8, 4) is 0 Å². The van der Waals surface area contributed by atoms with Crippen molar-refractivity contribution in [3.05, 3.63) is 23.9 Å². The third-order valence-corrected chi connectivity index (χ3v) is 4.53. The summed E-state index contributed by atoms with van der Waals surface area (Å²) in [6.07, 6.45) is 8.27. The van der Waals surface area contributed by atoms with Crippen LogP contribution in [0.4, 0.5) is 0 Å². The maximum Gasteiger partial charge on any atom is 0.228 e. The van der Waals surface area contributed by atoms with Crippen molar-refractivity contribution >= 4 is 5.91 Å². The monoisotopic (exact) mass is 289 g/mol. The van der Waals surface area contributed by atoms with Crippen LogP contribution in [0.15, 0.2) is 16.7 Å². The van der Waals surface area contributed by atoms with Crippen LogP contribution in [0.2, 0.25) is 0 Å². The van der Waals surface area contributed by atoms with Crippen LogP contribution in [0.25, 0.3) is 0 Å². The number of nitrogens with zero attached hydrogens (tertiary/aromatic N) is 2. The van der Waals surface area contributed by atoms with Gasteiger partial charge in [0, 0.05) is 25.3 Å². The minimum absolute atomic E-state index is 0.143. The summed E-state index contributed by atoms with van der Waals surface area (Å²) in [6.45, 7) is 4.62. The topological polar surface area (TPSA) is 68.0 Å². The highest BCUT2D eigenvalue weighted by Crippen LogP contribution is 2.44. The van der Waals surface area contributed by atoms with Crippen molar-refractivity contribution in [3.63, 3.8) is 0 Å². The minimum Gasteiger partial charge on any atom is -0.356 e. The van der Waals surface area contributed by atoms with Crippen LogP contribution in [0.3, 0.4) is 0 Å². The number of fused-ring (bicyclic) bond motifs is 2. The Hall–Kier alpha value is -1.65. The average Bonchev–Trinajstić information content (AvgIpc) is 3.13. The summed E-state index contributed by atoms with van der Waals surface area (Å²) < 4.78 is 5.16. The SMILES string of the molecule is CC(C)c1noc(CCNC(=O)CC2CC3C=CC2C3)n1. The Labute approximate surface area is 125 Å².